The minimum absolute atomic E-state index is 0.0677. The summed E-state index contributed by atoms with van der Waals surface area (Å²) in [5.74, 6) is -0.225. The van der Waals surface area contributed by atoms with Gasteiger partial charge in [0.25, 0.3) is 5.91 Å². The second-order valence-corrected chi connectivity index (χ2v) is 2.97. The highest BCUT2D eigenvalue weighted by Gasteiger charge is 2.07. The number of carbonyl (C=O) groups excluding carboxylic acids is 1. The van der Waals surface area contributed by atoms with Gasteiger partial charge in [0.2, 0.25) is 0 Å². The van der Waals surface area contributed by atoms with Gasteiger partial charge in [-0.2, -0.15) is 0 Å². The van der Waals surface area contributed by atoms with Crippen molar-refractivity contribution in [3.63, 3.8) is 0 Å². The van der Waals surface area contributed by atoms with Crippen molar-refractivity contribution in [1.82, 2.24) is 10.3 Å². The van der Waals surface area contributed by atoms with Crippen molar-refractivity contribution in [3.8, 4) is 0 Å². The Morgan fingerprint density at radius 3 is 2.93 bits per heavy atom. The summed E-state index contributed by atoms with van der Waals surface area (Å²) in [6.07, 6.45) is 3.10. The second kappa shape index (κ2) is 4.41. The van der Waals surface area contributed by atoms with E-state index in [0.717, 1.165) is 0 Å². The summed E-state index contributed by atoms with van der Waals surface area (Å²) < 4.78 is 0. The second-order valence-electron chi connectivity index (χ2n) is 2.97. The van der Waals surface area contributed by atoms with Crippen LogP contribution in [0.25, 0.3) is 0 Å². The van der Waals surface area contributed by atoms with Crippen LogP contribution < -0.4 is 11.1 Å². The number of anilines is 1. The Morgan fingerprint density at radius 2 is 2.43 bits per heavy atom. The van der Waals surface area contributed by atoms with Gasteiger partial charge in [-0.1, -0.05) is 6.08 Å². The fraction of sp³-hybridized carbons (Fsp3) is 0.200. The van der Waals surface area contributed by atoms with Crippen LogP contribution in [0.3, 0.4) is 0 Å². The SMILES string of the molecule is C=CC(C)NC(=O)c1ccc(N)cn1. The molecule has 74 valence electrons. The molecule has 0 fully saturated rings. The number of pyridine rings is 1. The minimum Gasteiger partial charge on any atom is -0.397 e. The number of hydrogen-bond acceptors (Lipinski definition) is 3. The molecular weight excluding hydrogens is 178 g/mol. The highest BCUT2D eigenvalue weighted by atomic mass is 16.1. The molecule has 0 saturated heterocycles. The van der Waals surface area contributed by atoms with Gasteiger partial charge >= 0.3 is 0 Å². The molecule has 0 saturated carbocycles. The normalized spacial score (nSPS) is 11.8. The lowest BCUT2D eigenvalue weighted by Crippen LogP contribution is -2.31. The van der Waals surface area contributed by atoms with Crippen LogP contribution in [0.15, 0.2) is 31.0 Å². The fourth-order valence-electron chi connectivity index (χ4n) is 0.879. The van der Waals surface area contributed by atoms with E-state index in [1.165, 1.54) is 6.20 Å². The molecule has 1 heterocycles. The fourth-order valence-corrected chi connectivity index (χ4v) is 0.879. The minimum atomic E-state index is -0.225. The van der Waals surface area contributed by atoms with Crippen molar-refractivity contribution in [2.24, 2.45) is 0 Å². The van der Waals surface area contributed by atoms with Gasteiger partial charge in [0.05, 0.1) is 11.9 Å². The van der Waals surface area contributed by atoms with Crippen LogP contribution in [0.5, 0.6) is 0 Å². The maximum absolute atomic E-state index is 11.5. The summed E-state index contributed by atoms with van der Waals surface area (Å²) in [5.41, 5.74) is 6.34. The number of carbonyl (C=O) groups is 1. The quantitative estimate of drug-likeness (QED) is 0.699. The first kappa shape index (κ1) is 10.2. The number of amides is 1. The molecule has 1 atom stereocenters. The number of nitrogen functional groups attached to an aromatic ring is 1. The van der Waals surface area contributed by atoms with Gasteiger partial charge in [0, 0.05) is 6.04 Å². The van der Waals surface area contributed by atoms with Gasteiger partial charge in [-0.25, -0.2) is 4.98 Å². The molecular formula is C10H13N3O. The molecule has 0 aromatic carbocycles. The van der Waals surface area contributed by atoms with Crippen LogP contribution in [0.4, 0.5) is 5.69 Å². The average molecular weight is 191 g/mol. The topological polar surface area (TPSA) is 68.0 Å². The molecule has 4 nitrogen and oxygen atoms in total. The summed E-state index contributed by atoms with van der Waals surface area (Å²) in [4.78, 5) is 15.4. The van der Waals surface area contributed by atoms with Gasteiger partial charge in [0.15, 0.2) is 0 Å². The number of nitrogens with two attached hydrogens (primary N) is 1. The summed E-state index contributed by atoms with van der Waals surface area (Å²) >= 11 is 0. The molecule has 1 unspecified atom stereocenters. The highest BCUT2D eigenvalue weighted by Crippen LogP contribution is 2.01. The molecule has 1 aromatic rings. The summed E-state index contributed by atoms with van der Waals surface area (Å²) in [6, 6.07) is 3.16. The van der Waals surface area contributed by atoms with E-state index in [9.17, 15) is 4.79 Å². The molecule has 3 N–H and O–H groups in total. The van der Waals surface area contributed by atoms with Gasteiger partial charge in [0.1, 0.15) is 5.69 Å². The summed E-state index contributed by atoms with van der Waals surface area (Å²) in [5, 5.41) is 2.70. The van der Waals surface area contributed by atoms with E-state index in [1.54, 1.807) is 18.2 Å². The van der Waals surface area contributed by atoms with Crippen LogP contribution in [-0.4, -0.2) is 16.9 Å². The smallest absolute Gasteiger partial charge is 0.270 e. The number of rotatable bonds is 3. The molecule has 0 spiro atoms. The Morgan fingerprint density at radius 1 is 1.71 bits per heavy atom. The highest BCUT2D eigenvalue weighted by molar-refractivity contribution is 5.92. The predicted molar refractivity (Wildman–Crippen MR) is 55.8 cm³/mol. The van der Waals surface area contributed by atoms with Crippen LogP contribution in [-0.2, 0) is 0 Å². The third kappa shape index (κ3) is 2.58. The molecule has 0 aliphatic carbocycles. The Balaban J connectivity index is 2.70. The van der Waals surface area contributed by atoms with Gasteiger partial charge in [-0.05, 0) is 19.1 Å². The molecule has 1 amide bonds. The van der Waals surface area contributed by atoms with Crippen molar-refractivity contribution in [2.75, 3.05) is 5.73 Å². The number of nitrogens with zero attached hydrogens (tertiary/aromatic N) is 1. The third-order valence-electron chi connectivity index (χ3n) is 1.73. The van der Waals surface area contributed by atoms with Crippen molar-refractivity contribution in [3.05, 3.63) is 36.7 Å². The summed E-state index contributed by atoms with van der Waals surface area (Å²) in [7, 11) is 0. The standard InChI is InChI=1S/C10H13N3O/c1-3-7(2)13-10(14)9-5-4-8(11)6-12-9/h3-7H,1,11H2,2H3,(H,13,14). The Kier molecular flexibility index (Phi) is 3.23. The van der Waals surface area contributed by atoms with Crippen molar-refractivity contribution in [2.45, 2.75) is 13.0 Å². The Labute approximate surface area is 82.8 Å². The Hall–Kier alpha value is -1.84. The molecule has 0 radical (unpaired) electrons. The number of nitrogens with one attached hydrogen (secondary N) is 1. The average Bonchev–Trinajstić information content (AvgIpc) is 2.18. The first-order valence-corrected chi connectivity index (χ1v) is 4.28. The first-order valence-electron chi connectivity index (χ1n) is 4.28. The molecule has 4 heteroatoms. The van der Waals surface area contributed by atoms with Crippen molar-refractivity contribution >= 4 is 11.6 Å². The van der Waals surface area contributed by atoms with Crippen LogP contribution in [0, 0.1) is 0 Å². The molecule has 1 aromatic heterocycles. The van der Waals surface area contributed by atoms with E-state index in [2.05, 4.69) is 16.9 Å². The van der Waals surface area contributed by atoms with Crippen LogP contribution in [0.1, 0.15) is 17.4 Å². The lowest BCUT2D eigenvalue weighted by molar-refractivity contribution is 0.0942. The van der Waals surface area contributed by atoms with Crippen LogP contribution in [0.2, 0.25) is 0 Å². The predicted octanol–water partition coefficient (Wildman–Crippen LogP) is 0.968. The zero-order valence-corrected chi connectivity index (χ0v) is 8.03. The summed E-state index contributed by atoms with van der Waals surface area (Å²) in [6.45, 7) is 5.40. The Bertz CT molecular complexity index is 332. The van der Waals surface area contributed by atoms with E-state index in [0.29, 0.717) is 11.4 Å². The van der Waals surface area contributed by atoms with E-state index < -0.39 is 0 Å². The largest absolute Gasteiger partial charge is 0.397 e. The van der Waals surface area contributed by atoms with Crippen molar-refractivity contribution < 1.29 is 4.79 Å². The lowest BCUT2D eigenvalue weighted by atomic mass is 10.3. The van der Waals surface area contributed by atoms with Gasteiger partial charge < -0.3 is 11.1 Å². The van der Waals surface area contributed by atoms with Gasteiger partial charge in [-0.15, -0.1) is 6.58 Å². The number of aromatic nitrogens is 1. The monoisotopic (exact) mass is 191 g/mol. The van der Waals surface area contributed by atoms with Crippen LogP contribution >= 0.6 is 0 Å². The van der Waals surface area contributed by atoms with E-state index >= 15 is 0 Å². The van der Waals surface area contributed by atoms with E-state index in [1.807, 2.05) is 6.92 Å². The van der Waals surface area contributed by atoms with Crippen molar-refractivity contribution in [1.29, 1.82) is 0 Å². The molecule has 0 bridgehead atoms. The molecule has 0 aliphatic heterocycles. The lowest BCUT2D eigenvalue weighted by Gasteiger charge is -2.08. The first-order chi connectivity index (χ1) is 6.63. The molecule has 14 heavy (non-hydrogen) atoms. The maximum atomic E-state index is 11.5. The molecule has 1 rings (SSSR count). The zero-order chi connectivity index (χ0) is 10.6. The maximum Gasteiger partial charge on any atom is 0.270 e. The van der Waals surface area contributed by atoms with E-state index in [-0.39, 0.29) is 11.9 Å². The molecule has 0 aliphatic rings. The third-order valence-corrected chi connectivity index (χ3v) is 1.73. The zero-order valence-electron chi connectivity index (χ0n) is 8.03. The van der Waals surface area contributed by atoms with Gasteiger partial charge in [-0.3, -0.25) is 4.79 Å². The van der Waals surface area contributed by atoms with E-state index in [4.69, 9.17) is 5.73 Å². The number of hydrogen-bond donors (Lipinski definition) is 2.